The molecule has 1 heterocycles. The van der Waals surface area contributed by atoms with E-state index in [1.807, 2.05) is 0 Å². The highest BCUT2D eigenvalue weighted by molar-refractivity contribution is 7.09. The van der Waals surface area contributed by atoms with Crippen LogP contribution in [0.3, 0.4) is 0 Å². The van der Waals surface area contributed by atoms with Gasteiger partial charge in [0.25, 0.3) is 0 Å². The zero-order valence-corrected chi connectivity index (χ0v) is 7.03. The average Bonchev–Trinajstić information content (AvgIpc) is 2.47. The van der Waals surface area contributed by atoms with Gasteiger partial charge in [-0.1, -0.05) is 13.7 Å². The molecule has 0 aliphatic rings. The molecule has 0 radical (unpaired) electrons. The Bertz CT molecular complexity index is 355. The number of hydrogen-bond acceptors (Lipinski definition) is 3. The maximum Gasteiger partial charge on any atom is 0.0954 e. The summed E-state index contributed by atoms with van der Waals surface area (Å²) in [6.45, 7) is -4.65. The minimum atomic E-state index is -2.57. The summed E-state index contributed by atoms with van der Waals surface area (Å²) in [6.07, 6.45) is 0. The van der Waals surface area contributed by atoms with Gasteiger partial charge in [-0.25, -0.2) is 4.98 Å². The lowest BCUT2D eigenvalue weighted by atomic mass is 10.2. The Morgan fingerprint density at radius 1 is 1.82 bits per heavy atom. The van der Waals surface area contributed by atoms with Crippen molar-refractivity contribution in [2.75, 3.05) is 7.05 Å². The monoisotopic (exact) mass is 176 g/mol. The second-order valence-corrected chi connectivity index (χ2v) is 3.03. The first-order valence-corrected chi connectivity index (χ1v) is 4.13. The first kappa shape index (κ1) is 3.54. The van der Waals surface area contributed by atoms with Crippen molar-refractivity contribution in [3.63, 3.8) is 0 Å². The third kappa shape index (κ3) is 2.27. The van der Waals surface area contributed by atoms with Gasteiger partial charge in [0.1, 0.15) is 0 Å². The summed E-state index contributed by atoms with van der Waals surface area (Å²) in [5.74, 6) is -1.51. The molecule has 0 atom stereocenters. The number of thiazole rings is 1. The molecule has 0 saturated carbocycles. The number of hydrogen-bond donors (Lipinski definition) is 1. The standard InChI is InChI=1S/C8H14N2S/c1-6(2)8-10-7(4-9-3)5-11-8/h5-6,9H,4H2,1-3H3/i1D3,2D3. The highest BCUT2D eigenvalue weighted by Crippen LogP contribution is 2.18. The summed E-state index contributed by atoms with van der Waals surface area (Å²) in [5, 5.41) is 4.70. The van der Waals surface area contributed by atoms with Crippen LogP contribution >= 0.6 is 11.3 Å². The first-order chi connectivity index (χ1) is 7.66. The Balaban J connectivity index is 3.06. The zero-order chi connectivity index (χ0) is 13.3. The molecule has 1 aromatic heterocycles. The summed E-state index contributed by atoms with van der Waals surface area (Å²) in [4.78, 5) is 4.07. The van der Waals surface area contributed by atoms with Crippen molar-refractivity contribution in [3.8, 4) is 0 Å². The Labute approximate surface area is 80.1 Å². The largest absolute Gasteiger partial charge is 0.314 e. The van der Waals surface area contributed by atoms with E-state index in [2.05, 4.69) is 10.3 Å². The van der Waals surface area contributed by atoms with Crippen LogP contribution in [0.4, 0.5) is 0 Å². The van der Waals surface area contributed by atoms with Crippen molar-refractivity contribution >= 4 is 11.3 Å². The maximum absolute atomic E-state index is 7.32. The van der Waals surface area contributed by atoms with Gasteiger partial charge >= 0.3 is 0 Å². The van der Waals surface area contributed by atoms with Gasteiger partial charge in [0.05, 0.1) is 10.7 Å². The number of aromatic nitrogens is 1. The van der Waals surface area contributed by atoms with Crippen molar-refractivity contribution < 1.29 is 8.22 Å². The van der Waals surface area contributed by atoms with Gasteiger partial charge in [-0.2, -0.15) is 0 Å². The molecule has 0 aromatic carbocycles. The average molecular weight is 176 g/mol. The van der Waals surface area contributed by atoms with Crippen molar-refractivity contribution in [3.05, 3.63) is 16.1 Å². The minimum absolute atomic E-state index is 0.148. The van der Waals surface area contributed by atoms with E-state index < -0.39 is 19.6 Å². The van der Waals surface area contributed by atoms with Gasteiger partial charge in [0, 0.05) is 26.1 Å². The first-order valence-electron chi connectivity index (χ1n) is 6.25. The van der Waals surface area contributed by atoms with Gasteiger partial charge in [-0.05, 0) is 7.05 Å². The van der Waals surface area contributed by atoms with Crippen LogP contribution in [0.2, 0.25) is 0 Å². The number of rotatable bonds is 3. The molecular weight excluding hydrogens is 156 g/mol. The maximum atomic E-state index is 7.32. The van der Waals surface area contributed by atoms with E-state index in [1.54, 1.807) is 12.4 Å². The summed E-state index contributed by atoms with van der Waals surface area (Å²) >= 11 is 1.08. The second-order valence-electron chi connectivity index (χ2n) is 2.14. The second kappa shape index (κ2) is 3.83. The third-order valence-corrected chi connectivity index (χ3v) is 2.13. The molecule has 0 amide bonds. The van der Waals surface area contributed by atoms with Crippen molar-refractivity contribution in [2.24, 2.45) is 0 Å². The summed E-state index contributed by atoms with van der Waals surface area (Å²) < 4.78 is 43.9. The molecule has 0 aliphatic carbocycles. The molecule has 1 N–H and O–H groups in total. The van der Waals surface area contributed by atoms with Crippen LogP contribution in [0.1, 0.15) is 38.5 Å². The third-order valence-electron chi connectivity index (χ3n) is 1.17. The van der Waals surface area contributed by atoms with Gasteiger partial charge in [-0.15, -0.1) is 11.3 Å². The minimum Gasteiger partial charge on any atom is -0.314 e. The topological polar surface area (TPSA) is 24.9 Å². The molecule has 0 fully saturated rings. The zero-order valence-electron chi connectivity index (χ0n) is 12.2. The van der Waals surface area contributed by atoms with E-state index in [0.717, 1.165) is 11.3 Å². The lowest BCUT2D eigenvalue weighted by Crippen LogP contribution is -2.05. The van der Waals surface area contributed by atoms with Crippen LogP contribution in [0.25, 0.3) is 0 Å². The van der Waals surface area contributed by atoms with Gasteiger partial charge in [0.2, 0.25) is 0 Å². The van der Waals surface area contributed by atoms with E-state index in [4.69, 9.17) is 8.22 Å². The molecule has 3 heteroatoms. The molecule has 1 aromatic rings. The fourth-order valence-electron chi connectivity index (χ4n) is 0.718. The van der Waals surface area contributed by atoms with Crippen LogP contribution in [0.15, 0.2) is 5.38 Å². The predicted octanol–water partition coefficient (Wildman–Crippen LogP) is 1.99. The van der Waals surface area contributed by atoms with Gasteiger partial charge in [0.15, 0.2) is 0 Å². The van der Waals surface area contributed by atoms with Gasteiger partial charge < -0.3 is 5.32 Å². The number of nitrogens with one attached hydrogen (secondary N) is 1. The van der Waals surface area contributed by atoms with Crippen LogP contribution < -0.4 is 5.32 Å². The van der Waals surface area contributed by atoms with E-state index in [9.17, 15) is 0 Å². The molecule has 0 aliphatic heterocycles. The van der Waals surface area contributed by atoms with Crippen LogP contribution in [0.5, 0.6) is 0 Å². The highest BCUT2D eigenvalue weighted by atomic mass is 32.1. The smallest absolute Gasteiger partial charge is 0.0954 e. The highest BCUT2D eigenvalue weighted by Gasteiger charge is 2.03. The SMILES string of the molecule is [2H]C([2H])([2H])C(c1nc(CNC)cs1)C([2H])([2H])[2H]. The molecule has 62 valence electrons. The molecule has 0 saturated heterocycles. The van der Waals surface area contributed by atoms with Crippen LogP contribution in [0, 0.1) is 0 Å². The van der Waals surface area contributed by atoms with E-state index >= 15 is 0 Å². The molecule has 1 rings (SSSR count). The van der Waals surface area contributed by atoms with E-state index in [0.29, 0.717) is 12.2 Å². The molecule has 0 bridgehead atoms. The lowest BCUT2D eigenvalue weighted by Gasteiger charge is -1.96. The Kier molecular flexibility index (Phi) is 1.23. The Morgan fingerprint density at radius 2 is 2.64 bits per heavy atom. The molecule has 11 heavy (non-hydrogen) atoms. The van der Waals surface area contributed by atoms with Crippen molar-refractivity contribution in [2.45, 2.75) is 26.2 Å². The Morgan fingerprint density at radius 3 is 3.27 bits per heavy atom. The predicted molar refractivity (Wildman–Crippen MR) is 49.0 cm³/mol. The van der Waals surface area contributed by atoms with E-state index in [-0.39, 0.29) is 5.01 Å². The van der Waals surface area contributed by atoms with Crippen molar-refractivity contribution in [1.82, 2.24) is 10.3 Å². The molecule has 2 nitrogen and oxygen atoms in total. The molecular formula is C8H14N2S. The quantitative estimate of drug-likeness (QED) is 0.762. The Hall–Kier alpha value is -0.410. The van der Waals surface area contributed by atoms with Crippen LogP contribution in [-0.2, 0) is 6.54 Å². The number of nitrogens with zero attached hydrogens (tertiary/aromatic N) is 1. The summed E-state index contributed by atoms with van der Waals surface area (Å²) in [7, 11) is 1.74. The lowest BCUT2D eigenvalue weighted by molar-refractivity contribution is 0.776. The fraction of sp³-hybridized carbons (Fsp3) is 0.625. The van der Waals surface area contributed by atoms with E-state index in [1.165, 1.54) is 0 Å². The van der Waals surface area contributed by atoms with Crippen LogP contribution in [-0.4, -0.2) is 12.0 Å². The summed E-state index contributed by atoms with van der Waals surface area (Å²) in [6, 6.07) is 0. The fourth-order valence-corrected chi connectivity index (χ4v) is 1.42. The summed E-state index contributed by atoms with van der Waals surface area (Å²) in [5.41, 5.74) is 0.658. The normalized spacial score (nSPS) is 21.3. The van der Waals surface area contributed by atoms with Crippen molar-refractivity contribution in [1.29, 1.82) is 0 Å². The molecule has 0 spiro atoms. The molecule has 0 unspecified atom stereocenters. The van der Waals surface area contributed by atoms with Gasteiger partial charge in [-0.3, -0.25) is 0 Å².